The molecule has 2 fully saturated rings. The molecule has 1 heterocycles. The topological polar surface area (TPSA) is 47.6 Å². The van der Waals surface area contributed by atoms with Gasteiger partial charge in [-0.15, -0.1) is 0 Å². The van der Waals surface area contributed by atoms with Crippen molar-refractivity contribution in [2.75, 3.05) is 46.3 Å². The van der Waals surface area contributed by atoms with Crippen LogP contribution in [0.2, 0.25) is 0 Å². The highest BCUT2D eigenvalue weighted by molar-refractivity contribution is 5.74. The van der Waals surface area contributed by atoms with E-state index in [0.29, 0.717) is 6.04 Å². The van der Waals surface area contributed by atoms with Crippen molar-refractivity contribution in [2.24, 2.45) is 0 Å². The Labute approximate surface area is 110 Å². The van der Waals surface area contributed by atoms with Gasteiger partial charge in [0.2, 0.25) is 0 Å². The number of hydrogen-bond donors (Lipinski definition) is 2. The summed E-state index contributed by atoms with van der Waals surface area (Å²) in [5, 5.41) is 6.46. The Morgan fingerprint density at radius 1 is 1.33 bits per heavy atom. The average Bonchev–Trinajstić information content (AvgIpc) is 2.90. The number of hydrogen-bond acceptors (Lipinski definition) is 3. The lowest BCUT2D eigenvalue weighted by Gasteiger charge is -2.29. The molecule has 0 aromatic heterocycles. The fourth-order valence-corrected chi connectivity index (χ4v) is 2.68. The van der Waals surface area contributed by atoms with Gasteiger partial charge in [-0.3, -0.25) is 4.90 Å². The van der Waals surface area contributed by atoms with Crippen molar-refractivity contribution in [3.63, 3.8) is 0 Å². The third kappa shape index (κ3) is 4.14. The maximum Gasteiger partial charge on any atom is 0.317 e. The molecule has 0 atom stereocenters. The number of piperazine rings is 1. The van der Waals surface area contributed by atoms with Crippen LogP contribution in [0.3, 0.4) is 0 Å². The van der Waals surface area contributed by atoms with Gasteiger partial charge in [-0.05, 0) is 12.8 Å². The number of urea groups is 1. The maximum atomic E-state index is 12.0. The first-order valence-corrected chi connectivity index (χ1v) is 7.20. The first-order chi connectivity index (χ1) is 8.75. The van der Waals surface area contributed by atoms with Gasteiger partial charge in [0.05, 0.1) is 0 Å². The van der Waals surface area contributed by atoms with Crippen LogP contribution in [0.5, 0.6) is 0 Å². The van der Waals surface area contributed by atoms with Crippen LogP contribution in [-0.2, 0) is 0 Å². The van der Waals surface area contributed by atoms with E-state index >= 15 is 0 Å². The first-order valence-electron chi connectivity index (χ1n) is 7.20. The minimum atomic E-state index is 0.0945. The number of nitrogens with zero attached hydrogens (tertiary/aromatic N) is 2. The zero-order valence-electron chi connectivity index (χ0n) is 11.5. The lowest BCUT2D eigenvalue weighted by atomic mass is 10.2. The second-order valence-electron chi connectivity index (χ2n) is 5.44. The van der Waals surface area contributed by atoms with Crippen molar-refractivity contribution in [2.45, 2.75) is 31.7 Å². The van der Waals surface area contributed by atoms with E-state index in [2.05, 4.69) is 15.5 Å². The number of carbonyl (C=O) groups is 1. The Morgan fingerprint density at radius 2 is 2.00 bits per heavy atom. The summed E-state index contributed by atoms with van der Waals surface area (Å²) in [5.74, 6) is 0. The van der Waals surface area contributed by atoms with Gasteiger partial charge in [0.25, 0.3) is 0 Å². The van der Waals surface area contributed by atoms with E-state index in [4.69, 9.17) is 0 Å². The molecule has 1 saturated heterocycles. The number of rotatable bonds is 4. The van der Waals surface area contributed by atoms with Gasteiger partial charge >= 0.3 is 6.03 Å². The molecule has 104 valence electrons. The maximum absolute atomic E-state index is 12.0. The van der Waals surface area contributed by atoms with Crippen molar-refractivity contribution in [1.82, 2.24) is 20.4 Å². The lowest BCUT2D eigenvalue weighted by Crippen LogP contribution is -2.48. The highest BCUT2D eigenvalue weighted by atomic mass is 16.2. The Bertz CT molecular complexity index is 260. The fraction of sp³-hybridized carbons (Fsp3) is 0.923. The largest absolute Gasteiger partial charge is 0.335 e. The molecule has 1 aliphatic carbocycles. The van der Waals surface area contributed by atoms with Gasteiger partial charge in [-0.2, -0.15) is 0 Å². The third-order valence-corrected chi connectivity index (χ3v) is 3.99. The molecule has 2 amide bonds. The summed E-state index contributed by atoms with van der Waals surface area (Å²) in [7, 11) is 1.90. The van der Waals surface area contributed by atoms with E-state index in [1.54, 1.807) is 0 Å². The number of nitrogens with one attached hydrogen (secondary N) is 2. The van der Waals surface area contributed by atoms with Crippen LogP contribution in [0.4, 0.5) is 4.79 Å². The van der Waals surface area contributed by atoms with Crippen LogP contribution in [-0.4, -0.2) is 68.2 Å². The fourth-order valence-electron chi connectivity index (χ4n) is 2.68. The molecule has 1 aliphatic heterocycles. The van der Waals surface area contributed by atoms with Crippen molar-refractivity contribution in [3.8, 4) is 0 Å². The molecule has 0 aromatic rings. The first kappa shape index (κ1) is 13.6. The van der Waals surface area contributed by atoms with Gasteiger partial charge in [-0.1, -0.05) is 12.8 Å². The summed E-state index contributed by atoms with van der Waals surface area (Å²) >= 11 is 0. The van der Waals surface area contributed by atoms with E-state index in [1.165, 1.54) is 12.8 Å². The SMILES string of the molecule is CN(CCN1CCNCC1)C(=O)NC1CCCC1. The highest BCUT2D eigenvalue weighted by Crippen LogP contribution is 2.17. The predicted octanol–water partition coefficient (Wildman–Crippen LogP) is 0.476. The molecule has 0 bridgehead atoms. The molecule has 2 N–H and O–H groups in total. The zero-order chi connectivity index (χ0) is 12.8. The van der Waals surface area contributed by atoms with Crippen molar-refractivity contribution in [3.05, 3.63) is 0 Å². The molecule has 5 nitrogen and oxygen atoms in total. The van der Waals surface area contributed by atoms with Gasteiger partial charge in [0, 0.05) is 52.4 Å². The monoisotopic (exact) mass is 254 g/mol. The summed E-state index contributed by atoms with van der Waals surface area (Å²) in [4.78, 5) is 16.2. The minimum Gasteiger partial charge on any atom is -0.335 e. The number of amides is 2. The summed E-state index contributed by atoms with van der Waals surface area (Å²) in [6.45, 7) is 6.13. The summed E-state index contributed by atoms with van der Waals surface area (Å²) in [6, 6.07) is 0.510. The standard InChI is InChI=1S/C13H26N4O/c1-16(10-11-17-8-6-14-7-9-17)13(18)15-12-4-2-3-5-12/h12,14H,2-11H2,1H3,(H,15,18). The Balaban J connectivity index is 1.63. The van der Waals surface area contributed by atoms with E-state index in [9.17, 15) is 4.79 Å². The van der Waals surface area contributed by atoms with Crippen LogP contribution >= 0.6 is 0 Å². The number of carbonyl (C=O) groups excluding carboxylic acids is 1. The summed E-state index contributed by atoms with van der Waals surface area (Å²) in [6.07, 6.45) is 4.82. The van der Waals surface area contributed by atoms with Crippen molar-refractivity contribution >= 4 is 6.03 Å². The van der Waals surface area contributed by atoms with Crippen LogP contribution in [0, 0.1) is 0 Å². The second kappa shape index (κ2) is 6.95. The zero-order valence-corrected chi connectivity index (χ0v) is 11.5. The van der Waals surface area contributed by atoms with Crippen LogP contribution < -0.4 is 10.6 Å². The van der Waals surface area contributed by atoms with Crippen molar-refractivity contribution < 1.29 is 4.79 Å². The van der Waals surface area contributed by atoms with Gasteiger partial charge < -0.3 is 15.5 Å². The average molecular weight is 254 g/mol. The van der Waals surface area contributed by atoms with E-state index in [-0.39, 0.29) is 6.03 Å². The molecule has 0 radical (unpaired) electrons. The van der Waals surface area contributed by atoms with Crippen LogP contribution in [0.25, 0.3) is 0 Å². The van der Waals surface area contributed by atoms with Crippen LogP contribution in [0.1, 0.15) is 25.7 Å². The minimum absolute atomic E-state index is 0.0945. The Morgan fingerprint density at radius 3 is 2.67 bits per heavy atom. The smallest absolute Gasteiger partial charge is 0.317 e. The predicted molar refractivity (Wildman–Crippen MR) is 72.7 cm³/mol. The van der Waals surface area contributed by atoms with Gasteiger partial charge in [0.1, 0.15) is 0 Å². The molecule has 5 heteroatoms. The third-order valence-electron chi connectivity index (χ3n) is 3.99. The van der Waals surface area contributed by atoms with E-state index in [1.807, 2.05) is 11.9 Å². The molecule has 18 heavy (non-hydrogen) atoms. The summed E-state index contributed by atoms with van der Waals surface area (Å²) in [5.41, 5.74) is 0. The second-order valence-corrected chi connectivity index (χ2v) is 5.44. The molecule has 0 spiro atoms. The number of likely N-dealkylation sites (N-methyl/N-ethyl adjacent to an activating group) is 1. The summed E-state index contributed by atoms with van der Waals surface area (Å²) < 4.78 is 0. The molecule has 2 rings (SSSR count). The highest BCUT2D eigenvalue weighted by Gasteiger charge is 2.19. The molecular formula is C13H26N4O. The lowest BCUT2D eigenvalue weighted by molar-refractivity contribution is 0.185. The molecular weight excluding hydrogens is 228 g/mol. The molecule has 2 aliphatic rings. The Kier molecular flexibility index (Phi) is 5.26. The molecule has 0 aromatic carbocycles. The molecule has 0 unspecified atom stereocenters. The van der Waals surface area contributed by atoms with E-state index in [0.717, 1.165) is 52.1 Å². The molecule has 1 saturated carbocycles. The van der Waals surface area contributed by atoms with E-state index < -0.39 is 0 Å². The Hall–Kier alpha value is -0.810. The quantitative estimate of drug-likeness (QED) is 0.767. The normalized spacial score (nSPS) is 22.1. The van der Waals surface area contributed by atoms with Crippen molar-refractivity contribution in [1.29, 1.82) is 0 Å². The van der Waals surface area contributed by atoms with Crippen LogP contribution in [0.15, 0.2) is 0 Å². The van der Waals surface area contributed by atoms with Gasteiger partial charge in [0.15, 0.2) is 0 Å². The van der Waals surface area contributed by atoms with Gasteiger partial charge in [-0.25, -0.2) is 4.79 Å².